The fourth-order valence-electron chi connectivity index (χ4n) is 4.70. The SMILES string of the molecule is CC(C)c1cccc(C(C)C)c1-n1cc[n+](-c2c(C(C)C)cccc2C(C)C)c1[Si-](F)(F)(F)F. The van der Waals surface area contributed by atoms with Gasteiger partial charge in [-0.1, -0.05) is 0 Å². The molecule has 0 unspecified atom stereocenters. The zero-order valence-electron chi connectivity index (χ0n) is 21.3. The van der Waals surface area contributed by atoms with Gasteiger partial charge in [-0.3, -0.25) is 0 Å². The van der Waals surface area contributed by atoms with E-state index in [0.717, 1.165) is 31.4 Å². The van der Waals surface area contributed by atoms with Crippen molar-refractivity contribution in [2.24, 2.45) is 0 Å². The molecule has 0 spiro atoms. The standard InChI is InChI=1S/C27H36F4N2Si/c1-17(2)21-11-9-12-22(18(3)4)25(21)32-15-16-33(27(32)34(28,29,30)31)26-23(19(5)6)13-10-14-24(26)20(7)8/h9-20H,1-8H3. The van der Waals surface area contributed by atoms with Crippen LogP contribution < -0.4 is 10.0 Å². The van der Waals surface area contributed by atoms with Crippen molar-refractivity contribution in [3.8, 4) is 11.4 Å². The summed E-state index contributed by atoms with van der Waals surface area (Å²) in [5.41, 5.74) is 2.72. The van der Waals surface area contributed by atoms with Crippen LogP contribution in [0.2, 0.25) is 0 Å². The molecule has 0 amide bonds. The van der Waals surface area contributed by atoms with Crippen molar-refractivity contribution in [2.75, 3.05) is 0 Å². The Hall–Kier alpha value is -2.41. The van der Waals surface area contributed by atoms with E-state index in [9.17, 15) is 16.4 Å². The molecule has 186 valence electrons. The molecule has 7 heteroatoms. The van der Waals surface area contributed by atoms with Gasteiger partial charge in [0.05, 0.1) is 0 Å². The predicted molar refractivity (Wildman–Crippen MR) is 133 cm³/mol. The number of hydrogen-bond acceptors (Lipinski definition) is 0. The Morgan fingerprint density at radius 3 is 1.38 bits per heavy atom. The molecule has 0 N–H and O–H groups in total. The van der Waals surface area contributed by atoms with Crippen molar-refractivity contribution < 1.29 is 21.0 Å². The van der Waals surface area contributed by atoms with E-state index >= 15 is 0 Å². The summed E-state index contributed by atoms with van der Waals surface area (Å²) >= 11 is 0. The van der Waals surface area contributed by atoms with Crippen molar-refractivity contribution in [3.63, 3.8) is 0 Å². The normalized spacial score (nSPS) is 13.8. The van der Waals surface area contributed by atoms with Gasteiger partial charge >= 0.3 is 201 Å². The van der Waals surface area contributed by atoms with E-state index in [4.69, 9.17) is 0 Å². The van der Waals surface area contributed by atoms with Gasteiger partial charge in [-0.25, -0.2) is 0 Å². The summed E-state index contributed by atoms with van der Waals surface area (Å²) in [7, 11) is -8.53. The topological polar surface area (TPSA) is 8.81 Å². The molecule has 34 heavy (non-hydrogen) atoms. The van der Waals surface area contributed by atoms with Gasteiger partial charge in [0.25, 0.3) is 0 Å². The number of aromatic nitrogens is 2. The summed E-state index contributed by atoms with van der Waals surface area (Å²) in [5.74, 6) is -0.116. The Morgan fingerprint density at radius 1 is 0.647 bits per heavy atom. The Morgan fingerprint density at radius 2 is 1.03 bits per heavy atom. The van der Waals surface area contributed by atoms with Crippen LogP contribution in [0.5, 0.6) is 0 Å². The molecule has 1 aromatic heterocycles. The first-order valence-corrected chi connectivity index (χ1v) is 14.0. The summed E-state index contributed by atoms with van der Waals surface area (Å²) in [6, 6.07) is 11.1. The van der Waals surface area contributed by atoms with Crippen LogP contribution >= 0.6 is 0 Å². The fraction of sp³-hybridized carbons (Fsp3) is 0.444. The van der Waals surface area contributed by atoms with E-state index in [1.807, 2.05) is 91.8 Å². The van der Waals surface area contributed by atoms with E-state index in [1.165, 1.54) is 12.4 Å². The van der Waals surface area contributed by atoms with Crippen molar-refractivity contribution in [2.45, 2.75) is 79.1 Å². The van der Waals surface area contributed by atoms with Crippen LogP contribution in [0.25, 0.3) is 11.4 Å². The van der Waals surface area contributed by atoms with Gasteiger partial charge in [0.1, 0.15) is 0 Å². The van der Waals surface area contributed by atoms with Crippen molar-refractivity contribution >= 4 is 14.1 Å². The molecule has 0 fully saturated rings. The van der Waals surface area contributed by atoms with Gasteiger partial charge in [0, 0.05) is 0 Å². The van der Waals surface area contributed by atoms with Crippen LogP contribution in [0, 0.1) is 0 Å². The van der Waals surface area contributed by atoms with E-state index < -0.39 is 14.1 Å². The van der Waals surface area contributed by atoms with Gasteiger partial charge in [0.15, 0.2) is 0 Å². The molecule has 0 radical (unpaired) electrons. The average molecular weight is 493 g/mol. The Bertz CT molecular complexity index is 1040. The van der Waals surface area contributed by atoms with Gasteiger partial charge in [-0.2, -0.15) is 0 Å². The first kappa shape index (κ1) is 26.2. The zero-order valence-corrected chi connectivity index (χ0v) is 22.3. The Kier molecular flexibility index (Phi) is 6.92. The maximum absolute atomic E-state index is 15.0. The molecule has 3 rings (SSSR count). The molecular formula is C27H36F4N2Si. The van der Waals surface area contributed by atoms with E-state index in [-0.39, 0.29) is 23.7 Å². The molecule has 1 heterocycles. The molecule has 0 aliphatic carbocycles. The van der Waals surface area contributed by atoms with Gasteiger partial charge in [-0.15, -0.1) is 0 Å². The second-order valence-electron chi connectivity index (χ2n) is 10.4. The molecular weight excluding hydrogens is 456 g/mol. The molecule has 2 nitrogen and oxygen atoms in total. The van der Waals surface area contributed by atoms with E-state index in [1.54, 1.807) is 0 Å². The quantitative estimate of drug-likeness (QED) is 0.138. The third kappa shape index (κ3) is 4.85. The summed E-state index contributed by atoms with van der Waals surface area (Å²) in [6.45, 7) is 15.6. The summed E-state index contributed by atoms with van der Waals surface area (Å²) in [6.07, 6.45) is 2.77. The number of rotatable bonds is 7. The number of para-hydroxylation sites is 2. The third-order valence-corrected chi connectivity index (χ3v) is 7.48. The maximum atomic E-state index is 15.0. The average Bonchev–Trinajstić information content (AvgIpc) is 3.17. The number of hydrogen-bond donors (Lipinski definition) is 0. The molecule has 0 bridgehead atoms. The molecule has 0 aliphatic heterocycles. The predicted octanol–water partition coefficient (Wildman–Crippen LogP) is 7.72. The van der Waals surface area contributed by atoms with Gasteiger partial charge in [-0.05, 0) is 0 Å². The van der Waals surface area contributed by atoms with Crippen LogP contribution in [0.3, 0.4) is 0 Å². The molecule has 0 aliphatic rings. The Labute approximate surface area is 201 Å². The monoisotopic (exact) mass is 492 g/mol. The molecule has 3 aromatic rings. The second-order valence-corrected chi connectivity index (χ2v) is 12.4. The number of halogens is 4. The first-order valence-electron chi connectivity index (χ1n) is 12.0. The van der Waals surface area contributed by atoms with E-state index in [0.29, 0.717) is 11.4 Å². The summed E-state index contributed by atoms with van der Waals surface area (Å²) in [5, 5.41) is 0. The van der Waals surface area contributed by atoms with Crippen LogP contribution in [-0.2, 0) is 0 Å². The first-order chi connectivity index (χ1) is 15.6. The van der Waals surface area contributed by atoms with Crippen LogP contribution in [-0.4, -0.2) is 13.3 Å². The van der Waals surface area contributed by atoms with Gasteiger partial charge in [0.2, 0.25) is 0 Å². The zero-order chi connectivity index (χ0) is 25.6. The molecule has 0 saturated heterocycles. The number of imidazole rings is 1. The van der Waals surface area contributed by atoms with Crippen LogP contribution in [0.1, 0.15) is 101 Å². The molecule has 2 aromatic carbocycles. The minimum absolute atomic E-state index is 0.0290. The van der Waals surface area contributed by atoms with Crippen molar-refractivity contribution in [3.05, 3.63) is 71.0 Å². The minimum atomic E-state index is -8.53. The molecule has 0 atom stereocenters. The van der Waals surface area contributed by atoms with Gasteiger partial charge < -0.3 is 0 Å². The van der Waals surface area contributed by atoms with Crippen LogP contribution in [0.15, 0.2) is 48.8 Å². The van der Waals surface area contributed by atoms with Crippen molar-refractivity contribution in [1.82, 2.24) is 4.57 Å². The molecule has 0 saturated carbocycles. The second kappa shape index (κ2) is 8.99. The summed E-state index contributed by atoms with van der Waals surface area (Å²) < 4.78 is 62.0. The number of benzene rings is 2. The fourth-order valence-corrected chi connectivity index (χ4v) is 5.80. The summed E-state index contributed by atoms with van der Waals surface area (Å²) in [4.78, 5) is 0. The van der Waals surface area contributed by atoms with Crippen molar-refractivity contribution in [1.29, 1.82) is 0 Å². The van der Waals surface area contributed by atoms with E-state index in [2.05, 4.69) is 0 Å². The Balaban J connectivity index is 2.53. The number of nitrogens with zero attached hydrogens (tertiary/aromatic N) is 2. The third-order valence-electron chi connectivity index (χ3n) is 6.33. The van der Waals surface area contributed by atoms with Crippen LogP contribution in [0.4, 0.5) is 16.4 Å².